The van der Waals surface area contributed by atoms with Gasteiger partial charge in [0.1, 0.15) is 11.9 Å². The SMILES string of the molecule is CC1CCN(C(=O)/C=C/c2ccc(F)c(Cl)c2)C1C(=O)O. The van der Waals surface area contributed by atoms with Crippen LogP contribution in [0.4, 0.5) is 4.39 Å². The van der Waals surface area contributed by atoms with Gasteiger partial charge in [-0.15, -0.1) is 0 Å². The summed E-state index contributed by atoms with van der Waals surface area (Å²) in [5.41, 5.74) is 0.578. The minimum absolute atomic E-state index is 0.0252. The van der Waals surface area contributed by atoms with Crippen LogP contribution in [0, 0.1) is 11.7 Å². The van der Waals surface area contributed by atoms with Crippen LogP contribution in [0.2, 0.25) is 5.02 Å². The van der Waals surface area contributed by atoms with Crippen molar-refractivity contribution in [2.45, 2.75) is 19.4 Å². The molecule has 2 unspecified atom stereocenters. The molecule has 0 bridgehead atoms. The minimum Gasteiger partial charge on any atom is -0.480 e. The van der Waals surface area contributed by atoms with Gasteiger partial charge >= 0.3 is 5.97 Å². The van der Waals surface area contributed by atoms with Gasteiger partial charge in [-0.3, -0.25) is 4.79 Å². The number of carboxylic acid groups (broad SMARTS) is 1. The average Bonchev–Trinajstić information content (AvgIpc) is 2.82. The van der Waals surface area contributed by atoms with Gasteiger partial charge < -0.3 is 10.0 Å². The van der Waals surface area contributed by atoms with Crippen molar-refractivity contribution in [2.24, 2.45) is 5.92 Å². The molecule has 1 aliphatic rings. The maximum Gasteiger partial charge on any atom is 0.326 e. The summed E-state index contributed by atoms with van der Waals surface area (Å²) < 4.78 is 13.0. The molecule has 1 heterocycles. The molecule has 0 aromatic heterocycles. The lowest BCUT2D eigenvalue weighted by Gasteiger charge is -2.21. The molecule has 1 aromatic rings. The molecule has 0 saturated carbocycles. The van der Waals surface area contributed by atoms with Crippen LogP contribution in [-0.2, 0) is 9.59 Å². The number of hydrogen-bond acceptors (Lipinski definition) is 2. The number of carbonyl (C=O) groups excluding carboxylic acids is 1. The first-order valence-electron chi connectivity index (χ1n) is 6.56. The molecule has 112 valence electrons. The van der Waals surface area contributed by atoms with Crippen molar-refractivity contribution in [3.63, 3.8) is 0 Å². The fraction of sp³-hybridized carbons (Fsp3) is 0.333. The summed E-state index contributed by atoms with van der Waals surface area (Å²) in [6, 6.07) is 3.32. The second kappa shape index (κ2) is 6.26. The third-order valence-electron chi connectivity index (χ3n) is 3.60. The van der Waals surface area contributed by atoms with E-state index in [1.807, 2.05) is 6.92 Å². The number of amides is 1. The van der Waals surface area contributed by atoms with Gasteiger partial charge in [0.2, 0.25) is 5.91 Å². The molecule has 6 heteroatoms. The zero-order valence-corrected chi connectivity index (χ0v) is 12.2. The van der Waals surface area contributed by atoms with Crippen LogP contribution < -0.4 is 0 Å². The molecule has 1 aliphatic heterocycles. The lowest BCUT2D eigenvalue weighted by Crippen LogP contribution is -2.42. The molecule has 0 aliphatic carbocycles. The summed E-state index contributed by atoms with van der Waals surface area (Å²) in [6.45, 7) is 2.24. The first-order chi connectivity index (χ1) is 9.90. The number of rotatable bonds is 3. The molecule has 1 N–H and O–H groups in total. The van der Waals surface area contributed by atoms with Crippen molar-refractivity contribution < 1.29 is 19.1 Å². The molecule has 0 spiro atoms. The number of likely N-dealkylation sites (tertiary alicyclic amines) is 1. The van der Waals surface area contributed by atoms with Gasteiger partial charge in [-0.05, 0) is 36.1 Å². The van der Waals surface area contributed by atoms with Gasteiger partial charge in [-0.25, -0.2) is 9.18 Å². The molecule has 2 rings (SSSR count). The molecule has 1 fully saturated rings. The number of nitrogens with zero attached hydrogens (tertiary/aromatic N) is 1. The Labute approximate surface area is 126 Å². The molecule has 1 saturated heterocycles. The third-order valence-corrected chi connectivity index (χ3v) is 3.89. The van der Waals surface area contributed by atoms with Gasteiger partial charge in [-0.2, -0.15) is 0 Å². The van der Waals surface area contributed by atoms with Crippen LogP contribution in [0.1, 0.15) is 18.9 Å². The van der Waals surface area contributed by atoms with Gasteiger partial charge in [0.15, 0.2) is 0 Å². The molecule has 4 nitrogen and oxygen atoms in total. The molecule has 0 radical (unpaired) electrons. The molecule has 2 atom stereocenters. The Kier molecular flexibility index (Phi) is 4.63. The molecular weight excluding hydrogens is 297 g/mol. The van der Waals surface area contributed by atoms with Crippen molar-refractivity contribution in [1.29, 1.82) is 0 Å². The van der Waals surface area contributed by atoms with Gasteiger partial charge in [0.05, 0.1) is 5.02 Å². The Bertz CT molecular complexity index is 603. The predicted molar refractivity (Wildman–Crippen MR) is 77.4 cm³/mol. The lowest BCUT2D eigenvalue weighted by molar-refractivity contribution is -0.147. The quantitative estimate of drug-likeness (QED) is 0.873. The largest absolute Gasteiger partial charge is 0.480 e. The van der Waals surface area contributed by atoms with Crippen molar-refractivity contribution >= 4 is 29.6 Å². The second-order valence-electron chi connectivity index (χ2n) is 5.09. The van der Waals surface area contributed by atoms with Crippen LogP contribution in [-0.4, -0.2) is 34.5 Å². The predicted octanol–water partition coefficient (Wildman–Crippen LogP) is 2.81. The fourth-order valence-corrected chi connectivity index (χ4v) is 2.64. The van der Waals surface area contributed by atoms with Crippen molar-refractivity contribution in [3.8, 4) is 0 Å². The lowest BCUT2D eigenvalue weighted by atomic mass is 10.0. The van der Waals surface area contributed by atoms with E-state index in [9.17, 15) is 19.1 Å². The second-order valence-corrected chi connectivity index (χ2v) is 5.49. The standard InChI is InChI=1S/C15H15ClFNO3/c1-9-6-7-18(14(9)15(20)21)13(19)5-3-10-2-4-12(17)11(16)8-10/h2-5,8-9,14H,6-7H2,1H3,(H,20,21)/b5-3+. The van der Waals surface area contributed by atoms with E-state index in [0.717, 1.165) is 0 Å². The van der Waals surface area contributed by atoms with E-state index in [1.54, 1.807) is 0 Å². The van der Waals surface area contributed by atoms with Crippen LogP contribution in [0.3, 0.4) is 0 Å². The number of aliphatic carboxylic acids is 1. The van der Waals surface area contributed by atoms with E-state index in [2.05, 4.69) is 0 Å². The van der Waals surface area contributed by atoms with Crippen molar-refractivity contribution in [3.05, 3.63) is 40.7 Å². The van der Waals surface area contributed by atoms with Crippen LogP contribution in [0.25, 0.3) is 6.08 Å². The van der Waals surface area contributed by atoms with Crippen molar-refractivity contribution in [1.82, 2.24) is 4.90 Å². The fourth-order valence-electron chi connectivity index (χ4n) is 2.45. The molecular formula is C15H15ClFNO3. The number of hydrogen-bond donors (Lipinski definition) is 1. The Morgan fingerprint density at radius 2 is 2.19 bits per heavy atom. The van der Waals surface area contributed by atoms with E-state index in [-0.39, 0.29) is 16.8 Å². The third kappa shape index (κ3) is 3.42. The van der Waals surface area contributed by atoms with E-state index >= 15 is 0 Å². The zero-order valence-electron chi connectivity index (χ0n) is 11.4. The van der Waals surface area contributed by atoms with Crippen molar-refractivity contribution in [2.75, 3.05) is 6.54 Å². The Hall–Kier alpha value is -1.88. The van der Waals surface area contributed by atoms with E-state index in [1.165, 1.54) is 35.3 Å². The summed E-state index contributed by atoms with van der Waals surface area (Å²) in [5.74, 6) is -1.96. The van der Waals surface area contributed by atoms with Gasteiger partial charge in [-0.1, -0.05) is 24.6 Å². The summed E-state index contributed by atoms with van der Waals surface area (Å²) >= 11 is 5.66. The maximum atomic E-state index is 13.0. The van der Waals surface area contributed by atoms with E-state index < -0.39 is 17.8 Å². The molecule has 21 heavy (non-hydrogen) atoms. The normalized spacial score (nSPS) is 22.0. The summed E-state index contributed by atoms with van der Waals surface area (Å²) in [5, 5.41) is 9.15. The summed E-state index contributed by atoms with van der Waals surface area (Å²) in [7, 11) is 0. The summed E-state index contributed by atoms with van der Waals surface area (Å²) in [4.78, 5) is 24.6. The maximum absolute atomic E-state index is 13.0. The smallest absolute Gasteiger partial charge is 0.326 e. The van der Waals surface area contributed by atoms with Crippen LogP contribution >= 0.6 is 11.6 Å². The Morgan fingerprint density at radius 1 is 1.48 bits per heavy atom. The first-order valence-corrected chi connectivity index (χ1v) is 6.94. The Morgan fingerprint density at radius 3 is 2.81 bits per heavy atom. The zero-order chi connectivity index (χ0) is 15.6. The first kappa shape index (κ1) is 15.5. The monoisotopic (exact) mass is 311 g/mol. The minimum atomic E-state index is -0.994. The average molecular weight is 312 g/mol. The van der Waals surface area contributed by atoms with Crippen LogP contribution in [0.15, 0.2) is 24.3 Å². The highest BCUT2D eigenvalue weighted by Gasteiger charge is 2.38. The Balaban J connectivity index is 2.12. The molecule has 1 aromatic carbocycles. The highest BCUT2D eigenvalue weighted by Crippen LogP contribution is 2.24. The number of carboxylic acids is 1. The molecule has 1 amide bonds. The van der Waals surface area contributed by atoms with Gasteiger partial charge in [0, 0.05) is 12.6 Å². The van der Waals surface area contributed by atoms with E-state index in [0.29, 0.717) is 18.5 Å². The topological polar surface area (TPSA) is 57.6 Å². The van der Waals surface area contributed by atoms with Crippen LogP contribution in [0.5, 0.6) is 0 Å². The highest BCUT2D eigenvalue weighted by atomic mass is 35.5. The van der Waals surface area contributed by atoms with E-state index in [4.69, 9.17) is 11.6 Å². The number of benzene rings is 1. The number of halogens is 2. The number of carbonyl (C=O) groups is 2. The highest BCUT2D eigenvalue weighted by molar-refractivity contribution is 6.30. The summed E-state index contributed by atoms with van der Waals surface area (Å²) in [6.07, 6.45) is 3.45. The van der Waals surface area contributed by atoms with Gasteiger partial charge in [0.25, 0.3) is 0 Å².